The molecule has 112 valence electrons. The molecule has 1 heterocycles. The summed E-state index contributed by atoms with van der Waals surface area (Å²) in [4.78, 5) is 0. The maximum absolute atomic E-state index is 11.4. The summed E-state index contributed by atoms with van der Waals surface area (Å²) >= 11 is 0. The highest BCUT2D eigenvalue weighted by Crippen LogP contribution is 2.21. The van der Waals surface area contributed by atoms with Gasteiger partial charge in [-0.2, -0.15) is 0 Å². The summed E-state index contributed by atoms with van der Waals surface area (Å²) in [5.41, 5.74) is 2.91. The Hall–Kier alpha value is -1.07. The first-order chi connectivity index (χ1) is 9.46. The van der Waals surface area contributed by atoms with Crippen LogP contribution in [0.5, 0.6) is 0 Å². The number of hydrogen-bond acceptors (Lipinski definition) is 4. The molecule has 0 bridgehead atoms. The standard InChI is InChI=1S/C15H23NO3S/c1-12-13(11-20(2,17)18)5-3-7-15(12)16-9-8-14-6-4-10-19-14/h3,5,7,14,16H,4,6,8-11H2,1-2H3. The van der Waals surface area contributed by atoms with Crippen molar-refractivity contribution in [3.05, 3.63) is 29.3 Å². The van der Waals surface area contributed by atoms with Gasteiger partial charge in [0.2, 0.25) is 0 Å². The molecule has 1 fully saturated rings. The summed E-state index contributed by atoms with van der Waals surface area (Å²) in [6, 6.07) is 5.78. The minimum absolute atomic E-state index is 0.0973. The summed E-state index contributed by atoms with van der Waals surface area (Å²) in [6.45, 7) is 3.70. The first-order valence-corrected chi connectivity index (χ1v) is 9.13. The first-order valence-electron chi connectivity index (χ1n) is 7.07. The molecule has 0 amide bonds. The predicted octanol–water partition coefficient (Wildman–Crippen LogP) is 2.52. The molecule has 0 spiro atoms. The van der Waals surface area contributed by atoms with Gasteiger partial charge in [0.1, 0.15) is 0 Å². The van der Waals surface area contributed by atoms with Crippen LogP contribution in [0.3, 0.4) is 0 Å². The summed E-state index contributed by atoms with van der Waals surface area (Å²) < 4.78 is 28.4. The number of benzene rings is 1. The molecule has 1 aliphatic heterocycles. The summed E-state index contributed by atoms with van der Waals surface area (Å²) in [7, 11) is -3.00. The van der Waals surface area contributed by atoms with Crippen molar-refractivity contribution in [2.75, 3.05) is 24.7 Å². The lowest BCUT2D eigenvalue weighted by molar-refractivity contribution is 0.107. The molecule has 0 aromatic heterocycles. The van der Waals surface area contributed by atoms with Gasteiger partial charge in [-0.25, -0.2) is 8.42 Å². The van der Waals surface area contributed by atoms with E-state index in [0.29, 0.717) is 6.10 Å². The van der Waals surface area contributed by atoms with Crippen LogP contribution in [0.2, 0.25) is 0 Å². The van der Waals surface area contributed by atoms with Gasteiger partial charge in [0.25, 0.3) is 0 Å². The normalized spacial score (nSPS) is 19.2. The average Bonchev–Trinajstić information content (AvgIpc) is 2.85. The van der Waals surface area contributed by atoms with E-state index in [-0.39, 0.29) is 5.75 Å². The third-order valence-corrected chi connectivity index (χ3v) is 4.50. The van der Waals surface area contributed by atoms with E-state index in [9.17, 15) is 8.42 Å². The maximum atomic E-state index is 11.4. The molecule has 0 radical (unpaired) electrons. The molecule has 1 saturated heterocycles. The molecule has 4 nitrogen and oxygen atoms in total. The molecular weight excluding hydrogens is 274 g/mol. The van der Waals surface area contributed by atoms with Crippen LogP contribution in [0.25, 0.3) is 0 Å². The van der Waals surface area contributed by atoms with Crippen molar-refractivity contribution in [1.82, 2.24) is 0 Å². The smallest absolute Gasteiger partial charge is 0.151 e. The Bertz CT molecular complexity index is 548. The second-order valence-corrected chi connectivity index (χ2v) is 7.65. The number of rotatable bonds is 6. The van der Waals surface area contributed by atoms with E-state index in [1.807, 2.05) is 25.1 Å². The lowest BCUT2D eigenvalue weighted by atomic mass is 10.1. The van der Waals surface area contributed by atoms with Gasteiger partial charge in [-0.1, -0.05) is 12.1 Å². The van der Waals surface area contributed by atoms with E-state index >= 15 is 0 Å². The van der Waals surface area contributed by atoms with Gasteiger partial charge in [0.05, 0.1) is 11.9 Å². The van der Waals surface area contributed by atoms with E-state index < -0.39 is 9.84 Å². The first kappa shape index (κ1) is 15.3. The fraction of sp³-hybridized carbons (Fsp3) is 0.600. The third kappa shape index (κ3) is 4.49. The minimum Gasteiger partial charge on any atom is -0.385 e. The summed E-state index contributed by atoms with van der Waals surface area (Å²) in [5, 5.41) is 3.39. The highest BCUT2D eigenvalue weighted by molar-refractivity contribution is 7.89. The van der Waals surface area contributed by atoms with Crippen LogP contribution >= 0.6 is 0 Å². The average molecular weight is 297 g/mol. The van der Waals surface area contributed by atoms with Gasteiger partial charge in [0, 0.05) is 25.1 Å². The van der Waals surface area contributed by atoms with Gasteiger partial charge in [-0.15, -0.1) is 0 Å². The molecule has 5 heteroatoms. The minimum atomic E-state index is -3.00. The van der Waals surface area contributed by atoms with Crippen molar-refractivity contribution in [3.63, 3.8) is 0 Å². The Labute approximate surface area is 121 Å². The van der Waals surface area contributed by atoms with Gasteiger partial charge < -0.3 is 10.1 Å². The molecule has 1 aromatic carbocycles. The van der Waals surface area contributed by atoms with Crippen molar-refractivity contribution < 1.29 is 13.2 Å². The third-order valence-electron chi connectivity index (χ3n) is 3.67. The predicted molar refractivity (Wildman–Crippen MR) is 81.8 cm³/mol. The zero-order chi connectivity index (χ0) is 14.6. The molecule has 0 saturated carbocycles. The van der Waals surface area contributed by atoms with Gasteiger partial charge in [-0.05, 0) is 43.4 Å². The van der Waals surface area contributed by atoms with Crippen LogP contribution in [-0.4, -0.2) is 33.9 Å². The number of hydrogen-bond donors (Lipinski definition) is 1. The second-order valence-electron chi connectivity index (χ2n) is 5.51. The lowest BCUT2D eigenvalue weighted by Crippen LogP contribution is -2.13. The van der Waals surface area contributed by atoms with Crippen LogP contribution in [-0.2, 0) is 20.3 Å². The van der Waals surface area contributed by atoms with Crippen molar-refractivity contribution in [2.45, 2.75) is 38.0 Å². The SMILES string of the molecule is Cc1c(CS(C)(=O)=O)cccc1NCCC1CCCO1. The zero-order valence-electron chi connectivity index (χ0n) is 12.2. The number of anilines is 1. The fourth-order valence-corrected chi connectivity index (χ4v) is 3.43. The summed E-state index contributed by atoms with van der Waals surface area (Å²) in [5.74, 6) is 0.0973. The Kier molecular flexibility index (Phi) is 5.05. The Balaban J connectivity index is 1.95. The Morgan fingerprint density at radius 2 is 2.20 bits per heavy atom. The number of nitrogens with one attached hydrogen (secondary N) is 1. The van der Waals surface area contributed by atoms with Crippen LogP contribution < -0.4 is 5.32 Å². The van der Waals surface area contributed by atoms with Crippen molar-refractivity contribution in [2.24, 2.45) is 0 Å². The quantitative estimate of drug-likeness (QED) is 0.876. The highest BCUT2D eigenvalue weighted by atomic mass is 32.2. The van der Waals surface area contributed by atoms with Crippen LogP contribution in [0.1, 0.15) is 30.4 Å². The lowest BCUT2D eigenvalue weighted by Gasteiger charge is -2.14. The second kappa shape index (κ2) is 6.59. The molecule has 1 aliphatic rings. The van der Waals surface area contributed by atoms with E-state index in [4.69, 9.17) is 4.74 Å². The van der Waals surface area contributed by atoms with Crippen LogP contribution in [0, 0.1) is 6.92 Å². The Morgan fingerprint density at radius 1 is 1.40 bits per heavy atom. The molecule has 1 aromatic rings. The van der Waals surface area contributed by atoms with E-state index in [0.717, 1.165) is 49.2 Å². The maximum Gasteiger partial charge on any atom is 0.151 e. The molecule has 1 N–H and O–H groups in total. The van der Waals surface area contributed by atoms with Crippen molar-refractivity contribution >= 4 is 15.5 Å². The topological polar surface area (TPSA) is 55.4 Å². The molecule has 0 aliphatic carbocycles. The molecule has 1 unspecified atom stereocenters. The molecule has 1 atom stereocenters. The van der Waals surface area contributed by atoms with E-state index in [2.05, 4.69) is 5.32 Å². The monoisotopic (exact) mass is 297 g/mol. The zero-order valence-corrected chi connectivity index (χ0v) is 13.0. The van der Waals surface area contributed by atoms with Crippen LogP contribution in [0.4, 0.5) is 5.69 Å². The molecule has 2 rings (SSSR count). The van der Waals surface area contributed by atoms with Gasteiger partial charge >= 0.3 is 0 Å². The van der Waals surface area contributed by atoms with Crippen LogP contribution in [0.15, 0.2) is 18.2 Å². The number of ether oxygens (including phenoxy) is 1. The largest absolute Gasteiger partial charge is 0.385 e. The summed E-state index contributed by atoms with van der Waals surface area (Å²) in [6.07, 6.45) is 4.95. The highest BCUT2D eigenvalue weighted by Gasteiger charge is 2.15. The van der Waals surface area contributed by atoms with E-state index in [1.165, 1.54) is 6.26 Å². The molecular formula is C15H23NO3S. The van der Waals surface area contributed by atoms with E-state index in [1.54, 1.807) is 0 Å². The van der Waals surface area contributed by atoms with Crippen molar-refractivity contribution in [3.8, 4) is 0 Å². The van der Waals surface area contributed by atoms with Gasteiger partial charge in [0.15, 0.2) is 9.84 Å². The molecule has 20 heavy (non-hydrogen) atoms. The fourth-order valence-electron chi connectivity index (χ4n) is 2.55. The number of sulfone groups is 1. The van der Waals surface area contributed by atoms with Gasteiger partial charge in [-0.3, -0.25) is 0 Å². The Morgan fingerprint density at radius 3 is 2.85 bits per heavy atom. The van der Waals surface area contributed by atoms with Crippen molar-refractivity contribution in [1.29, 1.82) is 0 Å².